The molecular weight excluding hydrogens is 402 g/mol. The highest BCUT2D eigenvalue weighted by Gasteiger charge is 2.60. The van der Waals surface area contributed by atoms with Crippen molar-refractivity contribution in [1.29, 1.82) is 5.26 Å². The molecule has 1 saturated carbocycles. The topological polar surface area (TPSA) is 78.0 Å². The number of hydrogen-bond donors (Lipinski definition) is 2. The number of piperazine rings is 1. The Morgan fingerprint density at radius 2 is 2.00 bits per heavy atom. The summed E-state index contributed by atoms with van der Waals surface area (Å²) in [5, 5.41) is 20.5. The van der Waals surface area contributed by atoms with Crippen LogP contribution in [-0.2, 0) is 9.53 Å². The summed E-state index contributed by atoms with van der Waals surface area (Å²) in [4.78, 5) is 16.6. The first kappa shape index (κ1) is 21.5. The molecule has 2 N–H and O–H groups in total. The van der Waals surface area contributed by atoms with Gasteiger partial charge in [-0.1, -0.05) is 25.5 Å². The lowest BCUT2D eigenvalue weighted by Gasteiger charge is -2.51. The van der Waals surface area contributed by atoms with Crippen molar-refractivity contribution in [3.8, 4) is 6.07 Å². The fraction of sp³-hybridized carbons (Fsp3) is 0.615. The number of nitrogens with one attached hydrogen (secondary N) is 1. The Morgan fingerprint density at radius 1 is 1.28 bits per heavy atom. The quantitative estimate of drug-likeness (QED) is 0.555. The van der Waals surface area contributed by atoms with Crippen molar-refractivity contribution >= 4 is 11.7 Å². The lowest BCUT2D eigenvalue weighted by molar-refractivity contribution is -0.903. The number of anilines is 1. The van der Waals surface area contributed by atoms with Crippen LogP contribution < -0.4 is 9.80 Å². The van der Waals surface area contributed by atoms with Crippen molar-refractivity contribution in [2.75, 3.05) is 37.6 Å². The van der Waals surface area contributed by atoms with E-state index in [9.17, 15) is 9.90 Å². The zero-order chi connectivity index (χ0) is 22.5. The van der Waals surface area contributed by atoms with E-state index in [1.807, 2.05) is 24.3 Å². The van der Waals surface area contributed by atoms with Crippen LogP contribution in [0.1, 0.15) is 38.7 Å². The molecule has 0 aromatic heterocycles. The first-order chi connectivity index (χ1) is 15.4. The van der Waals surface area contributed by atoms with Crippen LogP contribution in [-0.4, -0.2) is 56.0 Å². The minimum Gasteiger partial charge on any atom is -0.461 e. The summed E-state index contributed by atoms with van der Waals surface area (Å²) in [6, 6.07) is 9.92. The number of nitrogens with zero attached hydrogens (tertiary/aromatic N) is 2. The van der Waals surface area contributed by atoms with Crippen LogP contribution in [0.2, 0.25) is 0 Å². The molecule has 170 valence electrons. The molecule has 6 heteroatoms. The lowest BCUT2D eigenvalue weighted by atomic mass is 9.55. The van der Waals surface area contributed by atoms with Gasteiger partial charge >= 0.3 is 5.97 Å². The number of allylic oxidation sites excluding steroid dienone is 1. The van der Waals surface area contributed by atoms with Crippen molar-refractivity contribution < 1.29 is 19.5 Å². The number of esters is 1. The molecule has 5 rings (SSSR count). The zero-order valence-electron chi connectivity index (χ0n) is 19.1. The molecule has 3 fully saturated rings. The minimum absolute atomic E-state index is 0.103. The maximum atomic E-state index is 12.9. The zero-order valence-corrected chi connectivity index (χ0v) is 19.1. The van der Waals surface area contributed by atoms with E-state index in [2.05, 4.69) is 30.9 Å². The number of rotatable bonds is 3. The molecule has 6 atom stereocenters. The number of nitriles is 1. The molecule has 32 heavy (non-hydrogen) atoms. The van der Waals surface area contributed by atoms with Crippen LogP contribution in [0, 0.1) is 34.5 Å². The molecule has 2 aliphatic heterocycles. The summed E-state index contributed by atoms with van der Waals surface area (Å²) < 4.78 is 5.84. The summed E-state index contributed by atoms with van der Waals surface area (Å²) in [7, 11) is 0. The average Bonchev–Trinajstić information content (AvgIpc) is 3.11. The van der Waals surface area contributed by atoms with Gasteiger partial charge in [0.25, 0.3) is 0 Å². The Hall–Kier alpha value is -2.36. The number of aliphatic hydroxyl groups excluding tert-OH is 1. The van der Waals surface area contributed by atoms with Gasteiger partial charge in [0, 0.05) is 23.4 Å². The molecule has 2 saturated heterocycles. The molecular formula is C26H34N3O3+. The summed E-state index contributed by atoms with van der Waals surface area (Å²) in [6.07, 6.45) is 4.52. The largest absolute Gasteiger partial charge is 0.461 e. The maximum absolute atomic E-state index is 12.9. The fourth-order valence-electron chi connectivity index (χ4n) is 6.64. The van der Waals surface area contributed by atoms with Gasteiger partial charge in [-0.15, -0.1) is 0 Å². The monoisotopic (exact) mass is 436 g/mol. The van der Waals surface area contributed by atoms with Gasteiger partial charge in [0.1, 0.15) is 12.0 Å². The summed E-state index contributed by atoms with van der Waals surface area (Å²) in [5.41, 5.74) is 2.87. The minimum atomic E-state index is -0.529. The highest BCUT2D eigenvalue weighted by Crippen LogP contribution is 2.55. The molecule has 1 aromatic carbocycles. The van der Waals surface area contributed by atoms with Gasteiger partial charge in [0.05, 0.1) is 50.5 Å². The molecule has 1 aromatic rings. The number of aliphatic hydroxyl groups is 1. The van der Waals surface area contributed by atoms with Gasteiger partial charge < -0.3 is 19.6 Å². The Bertz CT molecular complexity index is 944. The van der Waals surface area contributed by atoms with Crippen molar-refractivity contribution in [2.45, 2.75) is 45.3 Å². The van der Waals surface area contributed by atoms with E-state index in [-0.39, 0.29) is 29.3 Å². The van der Waals surface area contributed by atoms with Gasteiger partial charge in [-0.25, -0.2) is 0 Å². The van der Waals surface area contributed by atoms with Crippen LogP contribution in [0.25, 0.3) is 0 Å². The van der Waals surface area contributed by atoms with Crippen LogP contribution in [0.4, 0.5) is 5.69 Å². The summed E-state index contributed by atoms with van der Waals surface area (Å²) in [5.74, 6) is -0.0251. The molecule has 4 aliphatic rings. The molecule has 0 unspecified atom stereocenters. The highest BCUT2D eigenvalue weighted by molar-refractivity contribution is 5.76. The van der Waals surface area contributed by atoms with Crippen molar-refractivity contribution in [3.05, 3.63) is 41.5 Å². The van der Waals surface area contributed by atoms with Crippen molar-refractivity contribution in [2.24, 2.45) is 23.2 Å². The smallest absolute Gasteiger partial charge is 0.315 e. The highest BCUT2D eigenvalue weighted by atomic mass is 16.6. The Balaban J connectivity index is 1.26. The normalized spacial score (nSPS) is 37.2. The Kier molecular flexibility index (Phi) is 5.51. The number of ether oxygens (including phenoxy) is 1. The average molecular weight is 437 g/mol. The number of fused-ring (bicyclic) bond motifs is 2. The van der Waals surface area contributed by atoms with E-state index in [1.54, 1.807) is 0 Å². The lowest BCUT2D eigenvalue weighted by Crippen LogP contribution is -3.15. The third-order valence-electron chi connectivity index (χ3n) is 8.91. The Labute approximate surface area is 190 Å². The Morgan fingerprint density at radius 3 is 2.69 bits per heavy atom. The molecule has 2 aliphatic carbocycles. The third kappa shape index (κ3) is 3.43. The first-order valence-corrected chi connectivity index (χ1v) is 12.1. The standard InChI is InChI=1S/C26H33N3O3/c1-17-4-3-5-19-14-22-23(24(30)26(17,19)2)21(25(31)32-22)16-28-10-12-29(13-11-28)20-8-6-18(15-27)7-9-20/h5-9,17,21-24,30H,3-4,10-14,16H2,1-2H3/p+1/t17-,21+,22-,23-,24-,26-/m1/s1. The maximum Gasteiger partial charge on any atom is 0.315 e. The van der Waals surface area contributed by atoms with Crippen LogP contribution in [0.15, 0.2) is 35.9 Å². The molecule has 6 nitrogen and oxygen atoms in total. The number of hydrogen-bond acceptors (Lipinski definition) is 5. The number of quaternary nitrogens is 1. The predicted molar refractivity (Wildman–Crippen MR) is 121 cm³/mol. The van der Waals surface area contributed by atoms with Gasteiger partial charge in [-0.05, 0) is 43.0 Å². The molecule has 0 amide bonds. The molecule has 0 bridgehead atoms. The first-order valence-electron chi connectivity index (χ1n) is 12.1. The van der Waals surface area contributed by atoms with Crippen molar-refractivity contribution in [3.63, 3.8) is 0 Å². The second-order valence-electron chi connectivity index (χ2n) is 10.4. The summed E-state index contributed by atoms with van der Waals surface area (Å²) in [6.45, 7) is 8.93. The van der Waals surface area contributed by atoms with Crippen LogP contribution in [0.3, 0.4) is 0 Å². The molecule has 0 radical (unpaired) electrons. The summed E-state index contributed by atoms with van der Waals surface area (Å²) >= 11 is 0. The van der Waals surface area contributed by atoms with Gasteiger partial charge in [0.2, 0.25) is 0 Å². The second kappa shape index (κ2) is 8.20. The van der Waals surface area contributed by atoms with E-state index in [0.29, 0.717) is 11.5 Å². The third-order valence-corrected chi connectivity index (χ3v) is 8.91. The van der Waals surface area contributed by atoms with Crippen LogP contribution >= 0.6 is 0 Å². The van der Waals surface area contributed by atoms with Crippen molar-refractivity contribution in [1.82, 2.24) is 0 Å². The number of benzene rings is 1. The van der Waals surface area contributed by atoms with E-state index in [1.165, 1.54) is 10.5 Å². The van der Waals surface area contributed by atoms with E-state index < -0.39 is 6.10 Å². The van der Waals surface area contributed by atoms with E-state index in [4.69, 9.17) is 10.00 Å². The number of carbonyl (C=O) groups is 1. The fourth-order valence-corrected chi connectivity index (χ4v) is 6.64. The van der Waals surface area contributed by atoms with E-state index in [0.717, 1.165) is 57.7 Å². The second-order valence-corrected chi connectivity index (χ2v) is 10.4. The van der Waals surface area contributed by atoms with Gasteiger partial charge in [0.15, 0.2) is 0 Å². The van der Waals surface area contributed by atoms with E-state index >= 15 is 0 Å². The SMILES string of the molecule is C[C@@H]1CCC=C2C[C@H]3OC(=O)[C@@H](C[NH+]4CCN(c5ccc(C#N)cc5)CC4)[C@H]3[C@@H](O)[C@@]21C. The number of carbonyl (C=O) groups excluding carboxylic acids is 1. The van der Waals surface area contributed by atoms with Gasteiger partial charge in [-0.2, -0.15) is 5.26 Å². The molecule has 0 spiro atoms. The van der Waals surface area contributed by atoms with Gasteiger partial charge in [-0.3, -0.25) is 4.79 Å². The predicted octanol–water partition coefficient (Wildman–Crippen LogP) is 1.55. The van der Waals surface area contributed by atoms with Crippen LogP contribution in [0.5, 0.6) is 0 Å². The molecule has 2 heterocycles.